The van der Waals surface area contributed by atoms with Gasteiger partial charge >= 0.3 is 18.2 Å². The van der Waals surface area contributed by atoms with Crippen LogP contribution in [0.1, 0.15) is 30.4 Å². The van der Waals surface area contributed by atoms with Crippen molar-refractivity contribution in [3.05, 3.63) is 59.7 Å². The number of hydrogen-bond donors (Lipinski definition) is 3. The van der Waals surface area contributed by atoms with Gasteiger partial charge in [0.1, 0.15) is 6.61 Å². The Morgan fingerprint density at radius 3 is 2.03 bits per heavy atom. The second-order valence-electron chi connectivity index (χ2n) is 7.46. The lowest BCUT2D eigenvalue weighted by molar-refractivity contribution is -0.182. The van der Waals surface area contributed by atoms with E-state index in [1.165, 1.54) is 12.2 Å². The zero-order valence-corrected chi connectivity index (χ0v) is 17.0. The van der Waals surface area contributed by atoms with Crippen LogP contribution in [0.2, 0.25) is 0 Å². The highest BCUT2D eigenvalue weighted by Crippen LogP contribution is 2.44. The molecule has 2 aromatic carbocycles. The summed E-state index contributed by atoms with van der Waals surface area (Å²) in [6.07, 6.45) is -6.52. The molecule has 32 heavy (non-hydrogen) atoms. The first-order valence-corrected chi connectivity index (χ1v) is 9.78. The summed E-state index contributed by atoms with van der Waals surface area (Å²) in [7, 11) is 0. The van der Waals surface area contributed by atoms with Gasteiger partial charge in [0.15, 0.2) is 0 Å². The van der Waals surface area contributed by atoms with Crippen LogP contribution in [0, 0.1) is 0 Å². The molecule has 2 aromatic rings. The maximum atomic E-state index is 12.7. The second-order valence-corrected chi connectivity index (χ2v) is 7.46. The van der Waals surface area contributed by atoms with Gasteiger partial charge in [0.2, 0.25) is 11.9 Å². The van der Waals surface area contributed by atoms with Crippen LogP contribution < -0.4 is 10.6 Å². The number of carbonyl (C=O) groups excluding carboxylic acids is 2. The van der Waals surface area contributed by atoms with E-state index in [1.54, 1.807) is 0 Å². The van der Waals surface area contributed by atoms with E-state index >= 15 is 0 Å². The first-order chi connectivity index (χ1) is 15.1. The standard InChI is InChI=1S/C22H21F3N2O5/c1-12(10-18(28)27-19(20(29)30)22(23,24)25)26-21(31)32-11-17-15-8-4-2-6-13(15)14-7-3-5-9-16(14)17/h2-9,12,17,19H,10-11H2,1H3,(H,26,31)(H,27,28)(H,29,30). The van der Waals surface area contributed by atoms with E-state index < -0.39 is 42.7 Å². The molecule has 2 atom stereocenters. The summed E-state index contributed by atoms with van der Waals surface area (Å²) in [4.78, 5) is 34.6. The lowest BCUT2D eigenvalue weighted by atomic mass is 9.98. The van der Waals surface area contributed by atoms with Gasteiger partial charge in [-0.15, -0.1) is 0 Å². The molecule has 0 radical (unpaired) electrons. The van der Waals surface area contributed by atoms with Crippen LogP contribution in [0.5, 0.6) is 0 Å². The van der Waals surface area contributed by atoms with Gasteiger partial charge in [-0.25, -0.2) is 9.59 Å². The molecule has 0 saturated carbocycles. The Kier molecular flexibility index (Phi) is 6.71. The fraction of sp³-hybridized carbons (Fsp3) is 0.318. The molecule has 10 heteroatoms. The number of fused-ring (bicyclic) bond motifs is 3. The van der Waals surface area contributed by atoms with Crippen molar-refractivity contribution in [2.75, 3.05) is 6.61 Å². The molecule has 7 nitrogen and oxygen atoms in total. The topological polar surface area (TPSA) is 105 Å². The highest BCUT2D eigenvalue weighted by molar-refractivity contribution is 5.84. The van der Waals surface area contributed by atoms with Gasteiger partial charge in [-0.05, 0) is 29.2 Å². The van der Waals surface area contributed by atoms with E-state index in [0.717, 1.165) is 22.3 Å². The predicted molar refractivity (Wildman–Crippen MR) is 108 cm³/mol. The Morgan fingerprint density at radius 1 is 1.00 bits per heavy atom. The summed E-state index contributed by atoms with van der Waals surface area (Å²) in [6.45, 7) is 1.43. The Labute approximate surface area is 181 Å². The van der Waals surface area contributed by atoms with E-state index in [0.29, 0.717) is 0 Å². The molecule has 0 bridgehead atoms. The average molecular weight is 450 g/mol. The van der Waals surface area contributed by atoms with Gasteiger partial charge in [0, 0.05) is 18.4 Å². The number of carbonyl (C=O) groups is 3. The molecular weight excluding hydrogens is 429 g/mol. The third-order valence-corrected chi connectivity index (χ3v) is 5.08. The number of nitrogens with one attached hydrogen (secondary N) is 2. The number of amides is 2. The molecule has 3 rings (SSSR count). The minimum Gasteiger partial charge on any atom is -0.479 e. The lowest BCUT2D eigenvalue weighted by Crippen LogP contribution is -2.51. The van der Waals surface area contributed by atoms with Crippen molar-refractivity contribution in [1.82, 2.24) is 10.6 Å². The number of ether oxygens (including phenoxy) is 1. The van der Waals surface area contributed by atoms with E-state index in [4.69, 9.17) is 9.84 Å². The van der Waals surface area contributed by atoms with Crippen LogP contribution >= 0.6 is 0 Å². The van der Waals surface area contributed by atoms with Crippen LogP contribution in [0.3, 0.4) is 0 Å². The van der Waals surface area contributed by atoms with Crippen LogP contribution in [-0.2, 0) is 14.3 Å². The van der Waals surface area contributed by atoms with E-state index in [1.807, 2.05) is 48.5 Å². The van der Waals surface area contributed by atoms with Crippen molar-refractivity contribution in [3.63, 3.8) is 0 Å². The summed E-state index contributed by atoms with van der Waals surface area (Å²) in [5.74, 6) is -3.56. The van der Waals surface area contributed by atoms with Gasteiger partial charge in [0.05, 0.1) is 0 Å². The van der Waals surface area contributed by atoms with Crippen LogP contribution in [0.4, 0.5) is 18.0 Å². The molecule has 0 spiro atoms. The lowest BCUT2D eigenvalue weighted by Gasteiger charge is -2.20. The maximum Gasteiger partial charge on any atom is 0.419 e. The number of hydrogen-bond acceptors (Lipinski definition) is 4. The number of carboxylic acid groups (broad SMARTS) is 1. The van der Waals surface area contributed by atoms with E-state index in [9.17, 15) is 27.6 Å². The third kappa shape index (κ3) is 5.19. The van der Waals surface area contributed by atoms with E-state index in [-0.39, 0.29) is 12.5 Å². The van der Waals surface area contributed by atoms with Gasteiger partial charge in [-0.1, -0.05) is 48.5 Å². The molecule has 3 N–H and O–H groups in total. The molecule has 1 aliphatic rings. The van der Waals surface area contributed by atoms with Crippen molar-refractivity contribution in [2.45, 2.75) is 37.5 Å². The Hall–Kier alpha value is -3.56. The average Bonchev–Trinajstić information content (AvgIpc) is 3.03. The van der Waals surface area contributed by atoms with Crippen molar-refractivity contribution in [2.24, 2.45) is 0 Å². The van der Waals surface area contributed by atoms with Crippen molar-refractivity contribution < 1.29 is 37.4 Å². The number of rotatable bonds is 7. The molecule has 0 fully saturated rings. The third-order valence-electron chi connectivity index (χ3n) is 5.08. The van der Waals surface area contributed by atoms with Gasteiger partial charge in [0.25, 0.3) is 0 Å². The Balaban J connectivity index is 1.54. The monoisotopic (exact) mass is 450 g/mol. The Bertz CT molecular complexity index is 979. The van der Waals surface area contributed by atoms with Crippen LogP contribution in [-0.4, -0.2) is 47.9 Å². The molecule has 2 amide bonds. The van der Waals surface area contributed by atoms with Crippen molar-refractivity contribution >= 4 is 18.0 Å². The molecule has 0 heterocycles. The first kappa shape index (κ1) is 23.1. The summed E-state index contributed by atoms with van der Waals surface area (Å²) in [5.41, 5.74) is 4.14. The smallest absolute Gasteiger partial charge is 0.419 e. The zero-order valence-electron chi connectivity index (χ0n) is 17.0. The molecule has 0 saturated heterocycles. The first-order valence-electron chi connectivity index (χ1n) is 9.78. The maximum absolute atomic E-state index is 12.7. The van der Waals surface area contributed by atoms with Crippen molar-refractivity contribution in [3.8, 4) is 11.1 Å². The fourth-order valence-electron chi connectivity index (χ4n) is 3.67. The number of alkyl carbamates (subject to hydrolysis) is 1. The summed E-state index contributed by atoms with van der Waals surface area (Å²) >= 11 is 0. The predicted octanol–water partition coefficient (Wildman–Crippen LogP) is 3.44. The molecule has 170 valence electrons. The highest BCUT2D eigenvalue weighted by Gasteiger charge is 2.46. The number of aliphatic carboxylic acids is 1. The van der Waals surface area contributed by atoms with E-state index in [2.05, 4.69) is 5.32 Å². The molecule has 0 aromatic heterocycles. The molecule has 2 unspecified atom stereocenters. The van der Waals surface area contributed by atoms with Gasteiger partial charge in [-0.2, -0.15) is 13.2 Å². The SMILES string of the molecule is CC(CC(=O)NC(C(=O)O)C(F)(F)F)NC(=O)OCC1c2ccccc2-c2ccccc21. The number of alkyl halides is 3. The fourth-order valence-corrected chi connectivity index (χ4v) is 3.67. The normalized spacial score (nSPS) is 14.6. The highest BCUT2D eigenvalue weighted by atomic mass is 19.4. The van der Waals surface area contributed by atoms with Crippen LogP contribution in [0.15, 0.2) is 48.5 Å². The molecule has 0 aliphatic heterocycles. The van der Waals surface area contributed by atoms with Gasteiger partial charge in [-0.3, -0.25) is 4.79 Å². The minimum absolute atomic E-state index is 0.0357. The minimum atomic E-state index is -5.13. The second kappa shape index (κ2) is 9.29. The Morgan fingerprint density at radius 2 is 1.53 bits per heavy atom. The number of benzene rings is 2. The zero-order chi connectivity index (χ0) is 23.5. The van der Waals surface area contributed by atoms with Crippen LogP contribution in [0.25, 0.3) is 11.1 Å². The summed E-state index contributed by atoms with van der Waals surface area (Å²) in [6, 6.07) is 11.6. The molecule has 1 aliphatic carbocycles. The largest absolute Gasteiger partial charge is 0.479 e. The van der Waals surface area contributed by atoms with Crippen molar-refractivity contribution in [1.29, 1.82) is 0 Å². The molecular formula is C22H21F3N2O5. The number of halogens is 3. The summed E-state index contributed by atoms with van der Waals surface area (Å²) in [5, 5.41) is 12.4. The number of carboxylic acids is 1. The quantitative estimate of drug-likeness (QED) is 0.600. The summed E-state index contributed by atoms with van der Waals surface area (Å²) < 4.78 is 43.3. The van der Waals surface area contributed by atoms with Gasteiger partial charge < -0.3 is 20.5 Å².